The summed E-state index contributed by atoms with van der Waals surface area (Å²) >= 11 is 0. The first-order chi connectivity index (χ1) is 18.1. The van der Waals surface area contributed by atoms with Gasteiger partial charge in [-0.25, -0.2) is 4.98 Å². The number of anilines is 3. The number of pyridine rings is 2. The van der Waals surface area contributed by atoms with Crippen molar-refractivity contribution in [2.24, 2.45) is 5.92 Å². The molecule has 2 aliphatic rings. The third kappa shape index (κ3) is 4.79. The maximum Gasteiger partial charge on any atom is 0.259 e. The number of hydrogen-bond acceptors (Lipinski definition) is 7. The van der Waals surface area contributed by atoms with Crippen LogP contribution >= 0.6 is 0 Å². The zero-order valence-corrected chi connectivity index (χ0v) is 20.5. The molecule has 0 radical (unpaired) electrons. The Kier molecular flexibility index (Phi) is 6.09. The lowest BCUT2D eigenvalue weighted by molar-refractivity contribution is -0.117. The number of rotatable bonds is 7. The number of ether oxygens (including phenoxy) is 2. The van der Waals surface area contributed by atoms with Gasteiger partial charge in [0.1, 0.15) is 11.6 Å². The number of H-pyrrole nitrogens is 1. The molecule has 2 fully saturated rings. The highest BCUT2D eigenvalue weighted by atomic mass is 16.5. The van der Waals surface area contributed by atoms with E-state index in [-0.39, 0.29) is 17.4 Å². The van der Waals surface area contributed by atoms with Gasteiger partial charge in [-0.1, -0.05) is 6.07 Å². The van der Waals surface area contributed by atoms with E-state index < -0.39 is 0 Å². The van der Waals surface area contributed by atoms with Crippen molar-refractivity contribution < 1.29 is 14.3 Å². The van der Waals surface area contributed by atoms with Gasteiger partial charge >= 0.3 is 0 Å². The molecule has 4 heterocycles. The molecule has 0 atom stereocenters. The average Bonchev–Trinajstić information content (AvgIpc) is 3.66. The van der Waals surface area contributed by atoms with Gasteiger partial charge in [0.05, 0.1) is 41.6 Å². The van der Waals surface area contributed by atoms with E-state index in [9.17, 15) is 9.59 Å². The zero-order valence-electron chi connectivity index (χ0n) is 20.5. The number of amides is 1. The van der Waals surface area contributed by atoms with Gasteiger partial charge in [0, 0.05) is 43.2 Å². The van der Waals surface area contributed by atoms with Crippen molar-refractivity contribution in [1.82, 2.24) is 19.7 Å². The molecule has 3 aromatic heterocycles. The number of nitrogens with one attached hydrogen (secondary N) is 3. The van der Waals surface area contributed by atoms with Gasteiger partial charge in [-0.05, 0) is 49.4 Å². The van der Waals surface area contributed by atoms with Gasteiger partial charge in [0.15, 0.2) is 0 Å². The number of fused-ring (bicyclic) bond motifs is 1. The summed E-state index contributed by atoms with van der Waals surface area (Å²) in [6, 6.07) is 9.58. The second-order valence-corrected chi connectivity index (χ2v) is 9.48. The Morgan fingerprint density at radius 3 is 2.73 bits per heavy atom. The van der Waals surface area contributed by atoms with Crippen molar-refractivity contribution in [3.63, 3.8) is 0 Å². The van der Waals surface area contributed by atoms with E-state index in [4.69, 9.17) is 9.47 Å². The first-order valence-electron chi connectivity index (χ1n) is 12.5. The molecule has 10 heteroatoms. The summed E-state index contributed by atoms with van der Waals surface area (Å²) in [6.45, 7) is 1.51. The zero-order chi connectivity index (χ0) is 25.4. The number of methoxy groups -OCH3 is 1. The summed E-state index contributed by atoms with van der Waals surface area (Å²) in [5.41, 5.74) is 3.37. The normalized spacial score (nSPS) is 16.0. The van der Waals surface area contributed by atoms with Gasteiger partial charge in [-0.3, -0.25) is 14.3 Å². The van der Waals surface area contributed by atoms with Crippen molar-refractivity contribution in [2.45, 2.75) is 31.7 Å². The van der Waals surface area contributed by atoms with Gasteiger partial charge in [0.2, 0.25) is 5.91 Å². The fraction of sp³-hybridized carbons (Fsp3) is 0.333. The lowest BCUT2D eigenvalue weighted by Crippen LogP contribution is -2.19. The predicted octanol–water partition coefficient (Wildman–Crippen LogP) is 4.24. The largest absolute Gasteiger partial charge is 0.495 e. The van der Waals surface area contributed by atoms with Crippen LogP contribution in [0.1, 0.15) is 31.7 Å². The summed E-state index contributed by atoms with van der Waals surface area (Å²) in [4.78, 5) is 32.2. The number of carbonyl (C=O) groups is 1. The molecule has 0 unspecified atom stereocenters. The fourth-order valence-electron chi connectivity index (χ4n) is 4.68. The standard InChI is InChI=1S/C27H28N6O4/c1-36-23-12-17(18-14-29-33(15-18)19-7-10-37-11-8-19)4-5-20(23)30-22-13-24(32-26(34)16-2-3-16)31-21-6-9-28-27(35)25(21)22/h4-6,9,12-16,19H,2-3,7-8,10-11H2,1H3,(H,28,35)(H2,30,31,32,34). The van der Waals surface area contributed by atoms with Gasteiger partial charge in [0.25, 0.3) is 5.56 Å². The molecule has 190 valence electrons. The van der Waals surface area contributed by atoms with Crippen LogP contribution in [0.3, 0.4) is 0 Å². The van der Waals surface area contributed by atoms with Crippen LogP contribution in [0.5, 0.6) is 5.75 Å². The monoisotopic (exact) mass is 500 g/mol. The number of hydrogen-bond donors (Lipinski definition) is 3. The fourth-order valence-corrected chi connectivity index (χ4v) is 4.68. The molecular formula is C27H28N6O4. The molecule has 1 aliphatic heterocycles. The van der Waals surface area contributed by atoms with Crippen LogP contribution in [-0.2, 0) is 9.53 Å². The SMILES string of the molecule is COc1cc(-c2cnn(C3CCOCC3)c2)ccc1Nc1cc(NC(=O)C2CC2)nc2cc[nH]c(=O)c12. The molecule has 1 saturated carbocycles. The molecule has 1 amide bonds. The van der Waals surface area contributed by atoms with Crippen LogP contribution < -0.4 is 20.9 Å². The third-order valence-corrected chi connectivity index (χ3v) is 6.90. The number of aromatic amines is 1. The summed E-state index contributed by atoms with van der Waals surface area (Å²) in [5, 5.41) is 11.2. The van der Waals surface area contributed by atoms with Crippen LogP contribution in [-0.4, -0.2) is 46.0 Å². The Morgan fingerprint density at radius 1 is 1.11 bits per heavy atom. The minimum absolute atomic E-state index is 0.0384. The van der Waals surface area contributed by atoms with E-state index in [1.165, 1.54) is 0 Å². The summed E-state index contributed by atoms with van der Waals surface area (Å²) in [5.74, 6) is 0.994. The van der Waals surface area contributed by atoms with Crippen LogP contribution in [0.2, 0.25) is 0 Å². The quantitative estimate of drug-likeness (QED) is 0.347. The van der Waals surface area contributed by atoms with E-state index >= 15 is 0 Å². The Balaban J connectivity index is 1.31. The van der Waals surface area contributed by atoms with Crippen LogP contribution in [0, 0.1) is 5.92 Å². The lowest BCUT2D eigenvalue weighted by atomic mass is 10.1. The molecule has 1 saturated heterocycles. The van der Waals surface area contributed by atoms with Crippen molar-refractivity contribution in [3.8, 4) is 16.9 Å². The molecule has 4 aromatic rings. The highest BCUT2D eigenvalue weighted by Gasteiger charge is 2.30. The first-order valence-corrected chi connectivity index (χ1v) is 12.5. The van der Waals surface area contributed by atoms with Crippen LogP contribution in [0.15, 0.2) is 53.7 Å². The predicted molar refractivity (Wildman–Crippen MR) is 140 cm³/mol. The van der Waals surface area contributed by atoms with Crippen LogP contribution in [0.4, 0.5) is 17.2 Å². The molecule has 0 spiro atoms. The Morgan fingerprint density at radius 2 is 1.95 bits per heavy atom. The molecular weight excluding hydrogens is 472 g/mol. The molecule has 10 nitrogen and oxygen atoms in total. The molecule has 6 rings (SSSR count). The number of nitrogens with zero attached hydrogens (tertiary/aromatic N) is 3. The number of carbonyl (C=O) groups excluding carboxylic acids is 1. The second-order valence-electron chi connectivity index (χ2n) is 9.48. The van der Waals surface area contributed by atoms with E-state index in [1.807, 2.05) is 29.1 Å². The molecule has 0 bridgehead atoms. The van der Waals surface area contributed by atoms with Crippen molar-refractivity contribution in [2.75, 3.05) is 31.0 Å². The smallest absolute Gasteiger partial charge is 0.259 e. The maximum atomic E-state index is 12.7. The van der Waals surface area contributed by atoms with Crippen molar-refractivity contribution in [1.29, 1.82) is 0 Å². The highest BCUT2D eigenvalue weighted by molar-refractivity contribution is 5.99. The lowest BCUT2D eigenvalue weighted by Gasteiger charge is -2.22. The van der Waals surface area contributed by atoms with Gasteiger partial charge < -0.3 is 25.1 Å². The number of aromatic nitrogens is 4. The summed E-state index contributed by atoms with van der Waals surface area (Å²) < 4.78 is 13.2. The third-order valence-electron chi connectivity index (χ3n) is 6.90. The topological polar surface area (TPSA) is 123 Å². The van der Waals surface area contributed by atoms with E-state index in [0.717, 1.165) is 50.0 Å². The molecule has 1 aliphatic carbocycles. The second kappa shape index (κ2) is 9.70. The first kappa shape index (κ1) is 23.2. The van der Waals surface area contributed by atoms with Crippen LogP contribution in [0.25, 0.3) is 22.0 Å². The van der Waals surface area contributed by atoms with E-state index in [2.05, 4.69) is 31.9 Å². The van der Waals surface area contributed by atoms with E-state index in [1.54, 1.807) is 25.4 Å². The summed E-state index contributed by atoms with van der Waals surface area (Å²) in [7, 11) is 1.61. The van der Waals surface area contributed by atoms with Crippen molar-refractivity contribution in [3.05, 3.63) is 59.3 Å². The van der Waals surface area contributed by atoms with Gasteiger partial charge in [-0.15, -0.1) is 0 Å². The highest BCUT2D eigenvalue weighted by Crippen LogP contribution is 2.36. The molecule has 3 N–H and O–H groups in total. The Hall–Kier alpha value is -4.18. The number of benzene rings is 1. The molecule has 37 heavy (non-hydrogen) atoms. The summed E-state index contributed by atoms with van der Waals surface area (Å²) in [6.07, 6.45) is 9.16. The Bertz CT molecular complexity index is 1520. The Labute approximate surface area is 213 Å². The minimum atomic E-state index is -0.274. The maximum absolute atomic E-state index is 12.7. The van der Waals surface area contributed by atoms with Gasteiger partial charge in [-0.2, -0.15) is 5.10 Å². The van der Waals surface area contributed by atoms with Crippen molar-refractivity contribution >= 4 is 34.0 Å². The molecule has 1 aromatic carbocycles. The van der Waals surface area contributed by atoms with E-state index in [0.29, 0.717) is 39.9 Å². The average molecular weight is 501 g/mol. The minimum Gasteiger partial charge on any atom is -0.495 e.